The summed E-state index contributed by atoms with van der Waals surface area (Å²) < 4.78 is 13.0. The minimum Gasteiger partial charge on any atom is -0.481 e. The number of ether oxygens (including phenoxy) is 2. The number of para-hydroxylation sites is 1. The Bertz CT molecular complexity index is 1770. The van der Waals surface area contributed by atoms with Gasteiger partial charge in [-0.2, -0.15) is 5.10 Å². The SMILES string of the molecule is COc1cc(-c2nn3c(c2C(=O)Nc2nc(-c4ccccc4)c4ccccc4nc2=O)O[C@H](C)CC3)ccn1. The van der Waals surface area contributed by atoms with Gasteiger partial charge in [0.25, 0.3) is 5.91 Å². The number of aryl methyl sites for hydroxylation is 1. The molecule has 39 heavy (non-hydrogen) atoms. The van der Waals surface area contributed by atoms with Crippen molar-refractivity contribution in [3.63, 3.8) is 0 Å². The number of nitrogens with zero attached hydrogens (tertiary/aromatic N) is 5. The molecule has 4 heterocycles. The molecule has 1 aliphatic rings. The van der Waals surface area contributed by atoms with E-state index in [1.165, 1.54) is 7.11 Å². The van der Waals surface area contributed by atoms with Gasteiger partial charge < -0.3 is 14.8 Å². The van der Waals surface area contributed by atoms with Crippen LogP contribution in [0.5, 0.6) is 11.8 Å². The van der Waals surface area contributed by atoms with Gasteiger partial charge in [0.05, 0.1) is 24.4 Å². The summed E-state index contributed by atoms with van der Waals surface area (Å²) in [6, 6.07) is 20.1. The van der Waals surface area contributed by atoms with Crippen molar-refractivity contribution in [1.82, 2.24) is 24.7 Å². The maximum Gasteiger partial charge on any atom is 0.313 e. The molecule has 1 N–H and O–H groups in total. The number of carbonyl (C=O) groups excluding carboxylic acids is 1. The number of nitrogens with one attached hydrogen (secondary N) is 1. The molecular formula is C29H24N6O4. The highest BCUT2D eigenvalue weighted by molar-refractivity contribution is 6.10. The van der Waals surface area contributed by atoms with Crippen LogP contribution in [0.4, 0.5) is 5.82 Å². The van der Waals surface area contributed by atoms with E-state index in [2.05, 4.69) is 25.4 Å². The monoisotopic (exact) mass is 520 g/mol. The third-order valence-corrected chi connectivity index (χ3v) is 6.50. The average Bonchev–Trinajstić information content (AvgIpc) is 3.28. The molecule has 0 unspecified atom stereocenters. The van der Waals surface area contributed by atoms with Gasteiger partial charge in [-0.3, -0.25) is 9.59 Å². The molecule has 1 aliphatic heterocycles. The van der Waals surface area contributed by atoms with Crippen LogP contribution in [0.3, 0.4) is 0 Å². The molecule has 6 rings (SSSR count). The van der Waals surface area contributed by atoms with Crippen LogP contribution >= 0.6 is 0 Å². The number of rotatable bonds is 5. The van der Waals surface area contributed by atoms with Crippen molar-refractivity contribution in [3.05, 3.63) is 88.8 Å². The topological polar surface area (TPSA) is 121 Å². The normalized spacial score (nSPS) is 14.4. The molecule has 3 aromatic heterocycles. The maximum absolute atomic E-state index is 13.9. The van der Waals surface area contributed by atoms with E-state index in [0.717, 1.165) is 12.0 Å². The first-order valence-corrected chi connectivity index (χ1v) is 12.5. The lowest BCUT2D eigenvalue weighted by molar-refractivity contribution is 0.101. The molecule has 0 radical (unpaired) electrons. The number of anilines is 1. The van der Waals surface area contributed by atoms with E-state index in [1.807, 2.05) is 49.4 Å². The first kappa shape index (κ1) is 24.2. The lowest BCUT2D eigenvalue weighted by Crippen LogP contribution is -2.26. The van der Waals surface area contributed by atoms with Gasteiger partial charge in [-0.05, 0) is 19.1 Å². The fourth-order valence-electron chi connectivity index (χ4n) is 4.57. The van der Waals surface area contributed by atoms with Gasteiger partial charge in [-0.25, -0.2) is 19.6 Å². The molecule has 194 valence electrons. The Balaban J connectivity index is 1.50. The van der Waals surface area contributed by atoms with E-state index in [0.29, 0.717) is 46.2 Å². The van der Waals surface area contributed by atoms with Gasteiger partial charge in [0.15, 0.2) is 0 Å². The van der Waals surface area contributed by atoms with Crippen LogP contribution in [0, 0.1) is 0 Å². The molecule has 5 aromatic rings. The van der Waals surface area contributed by atoms with Crippen molar-refractivity contribution in [3.8, 4) is 34.3 Å². The van der Waals surface area contributed by atoms with E-state index in [9.17, 15) is 9.59 Å². The van der Waals surface area contributed by atoms with Crippen LogP contribution in [0.1, 0.15) is 23.7 Å². The number of amides is 1. The fraction of sp³-hybridized carbons (Fsp3) is 0.172. The molecule has 10 nitrogen and oxygen atoms in total. The number of carbonyl (C=O) groups is 1. The van der Waals surface area contributed by atoms with Gasteiger partial charge in [-0.1, -0.05) is 48.5 Å². The number of methoxy groups -OCH3 is 1. The Morgan fingerprint density at radius 3 is 2.64 bits per heavy atom. The number of hydrogen-bond donors (Lipinski definition) is 1. The lowest BCUT2D eigenvalue weighted by Gasteiger charge is -2.22. The minimum absolute atomic E-state index is 0.111. The lowest BCUT2D eigenvalue weighted by atomic mass is 10.1. The van der Waals surface area contributed by atoms with Crippen molar-refractivity contribution >= 4 is 22.6 Å². The third-order valence-electron chi connectivity index (χ3n) is 6.50. The van der Waals surface area contributed by atoms with Crippen molar-refractivity contribution in [2.45, 2.75) is 26.0 Å². The molecule has 0 fully saturated rings. The van der Waals surface area contributed by atoms with Gasteiger partial charge in [-0.15, -0.1) is 0 Å². The molecule has 0 saturated carbocycles. The Labute approximate surface area is 223 Å². The summed E-state index contributed by atoms with van der Waals surface area (Å²) in [6.07, 6.45) is 2.21. The van der Waals surface area contributed by atoms with Crippen molar-refractivity contribution < 1.29 is 14.3 Å². The summed E-state index contributed by atoms with van der Waals surface area (Å²) in [5.41, 5.74) is 2.30. The van der Waals surface area contributed by atoms with Crippen LogP contribution in [-0.2, 0) is 6.54 Å². The van der Waals surface area contributed by atoms with Gasteiger partial charge in [0.1, 0.15) is 11.3 Å². The second-order valence-corrected chi connectivity index (χ2v) is 9.12. The van der Waals surface area contributed by atoms with E-state index in [4.69, 9.17) is 9.47 Å². The molecule has 0 aliphatic carbocycles. The van der Waals surface area contributed by atoms with E-state index >= 15 is 0 Å². The molecule has 1 amide bonds. The highest BCUT2D eigenvalue weighted by Gasteiger charge is 2.31. The Morgan fingerprint density at radius 2 is 1.82 bits per heavy atom. The second kappa shape index (κ2) is 9.97. The van der Waals surface area contributed by atoms with Crippen molar-refractivity contribution in [1.29, 1.82) is 0 Å². The zero-order chi connectivity index (χ0) is 26.9. The van der Waals surface area contributed by atoms with E-state index in [-0.39, 0.29) is 17.5 Å². The summed E-state index contributed by atoms with van der Waals surface area (Å²) in [5, 5.41) is 8.07. The Kier molecular flexibility index (Phi) is 6.20. The largest absolute Gasteiger partial charge is 0.481 e. The predicted octanol–water partition coefficient (Wildman–Crippen LogP) is 4.35. The van der Waals surface area contributed by atoms with Crippen molar-refractivity contribution in [2.24, 2.45) is 0 Å². The van der Waals surface area contributed by atoms with E-state index in [1.54, 1.807) is 35.1 Å². The first-order valence-electron chi connectivity index (χ1n) is 12.5. The predicted molar refractivity (Wildman–Crippen MR) is 146 cm³/mol. The summed E-state index contributed by atoms with van der Waals surface area (Å²) in [5.74, 6) is -0.0822. The third kappa shape index (κ3) is 4.56. The summed E-state index contributed by atoms with van der Waals surface area (Å²) in [7, 11) is 1.51. The van der Waals surface area contributed by atoms with Gasteiger partial charge >= 0.3 is 5.56 Å². The molecule has 0 spiro atoms. The molecule has 0 bridgehead atoms. The number of pyridine rings is 1. The molecular weight excluding hydrogens is 496 g/mol. The average molecular weight is 521 g/mol. The maximum atomic E-state index is 13.9. The Morgan fingerprint density at radius 1 is 1.03 bits per heavy atom. The first-order chi connectivity index (χ1) is 19.0. The van der Waals surface area contributed by atoms with Crippen molar-refractivity contribution in [2.75, 3.05) is 12.4 Å². The standard InChI is InChI=1S/C29H24N6O4/c1-17-13-15-35-29(39-17)23(25(34-35)19-12-14-30-22(16-19)38-2)27(36)33-26-28(37)31-21-11-7-6-10-20(21)24(32-26)18-8-4-3-5-9-18/h3-12,14,16-17H,13,15H2,1-2H3,(H,31,32,33,36,37)/t17-/m1/s1. The van der Waals surface area contributed by atoms with Crippen LogP contribution in [0.25, 0.3) is 33.4 Å². The Hall–Kier alpha value is -5.12. The number of fused-ring (bicyclic) bond motifs is 2. The van der Waals surface area contributed by atoms with Crippen LogP contribution in [0.15, 0.2) is 77.7 Å². The van der Waals surface area contributed by atoms with Gasteiger partial charge in [0.2, 0.25) is 17.6 Å². The summed E-state index contributed by atoms with van der Waals surface area (Å²) in [4.78, 5) is 40.2. The van der Waals surface area contributed by atoms with Gasteiger partial charge in [0, 0.05) is 41.7 Å². The highest BCUT2D eigenvalue weighted by Crippen LogP contribution is 2.35. The molecule has 0 saturated heterocycles. The van der Waals surface area contributed by atoms with Crippen LogP contribution < -0.4 is 20.3 Å². The smallest absolute Gasteiger partial charge is 0.313 e. The zero-order valence-electron chi connectivity index (χ0n) is 21.3. The number of aromatic nitrogens is 5. The van der Waals surface area contributed by atoms with E-state index < -0.39 is 11.5 Å². The zero-order valence-corrected chi connectivity index (χ0v) is 21.3. The molecule has 1 atom stereocenters. The van der Waals surface area contributed by atoms with Crippen LogP contribution in [-0.4, -0.2) is 43.9 Å². The fourth-order valence-corrected chi connectivity index (χ4v) is 4.57. The highest BCUT2D eigenvalue weighted by atomic mass is 16.5. The summed E-state index contributed by atoms with van der Waals surface area (Å²) in [6.45, 7) is 2.51. The van der Waals surface area contributed by atoms with Crippen LogP contribution in [0.2, 0.25) is 0 Å². The number of benzene rings is 2. The number of hydrogen-bond acceptors (Lipinski definition) is 8. The minimum atomic E-state index is -0.663. The molecule has 2 aromatic carbocycles. The summed E-state index contributed by atoms with van der Waals surface area (Å²) >= 11 is 0. The second-order valence-electron chi connectivity index (χ2n) is 9.12. The molecule has 10 heteroatoms. The quantitative estimate of drug-likeness (QED) is 0.363.